The first-order valence-electron chi connectivity index (χ1n) is 15.4. The molecule has 46 heavy (non-hydrogen) atoms. The van der Waals surface area contributed by atoms with E-state index in [4.69, 9.17) is 19.4 Å². The summed E-state index contributed by atoms with van der Waals surface area (Å²) >= 11 is 0. The molecule has 0 saturated heterocycles. The molecule has 0 spiro atoms. The second-order valence-corrected chi connectivity index (χ2v) is 11.7. The fraction of sp³-hybridized carbons (Fsp3) is 0. The topological polar surface area (TPSA) is 56.7 Å². The summed E-state index contributed by atoms with van der Waals surface area (Å²) in [5.41, 5.74) is 5.56. The molecule has 10 aromatic rings. The zero-order valence-electron chi connectivity index (χ0n) is 24.6. The summed E-state index contributed by atoms with van der Waals surface area (Å²) in [6.45, 7) is 0. The van der Waals surface area contributed by atoms with Gasteiger partial charge in [-0.2, -0.15) is 9.97 Å². The van der Waals surface area contributed by atoms with Crippen molar-refractivity contribution in [1.82, 2.24) is 19.5 Å². The standard InChI is InChI=1S/C41H24N4O/c1-2-11-26-22-29(21-20-25(26)10-1)39-42-40(44-41(43-39)45-34-17-7-5-14-30(34)31-15-6-8-18-35(31)45)32-16-9-19-36-38(32)33-23-27-12-3-4-13-28(27)24-37(33)46-36/h1-24H. The average molecular weight is 589 g/mol. The number of nitrogens with zero attached hydrogens (tertiary/aromatic N) is 4. The highest BCUT2D eigenvalue weighted by Gasteiger charge is 2.20. The summed E-state index contributed by atoms with van der Waals surface area (Å²) in [4.78, 5) is 15.6. The van der Waals surface area contributed by atoms with Gasteiger partial charge in [-0.05, 0) is 57.9 Å². The fourth-order valence-electron chi connectivity index (χ4n) is 6.88. The molecule has 214 valence electrons. The summed E-state index contributed by atoms with van der Waals surface area (Å²) in [5, 5.41) is 8.95. The molecule has 0 amide bonds. The minimum Gasteiger partial charge on any atom is -0.456 e. The number of para-hydroxylation sites is 2. The van der Waals surface area contributed by atoms with Crippen LogP contribution in [0.3, 0.4) is 0 Å². The van der Waals surface area contributed by atoms with Crippen LogP contribution < -0.4 is 0 Å². The predicted molar refractivity (Wildman–Crippen MR) is 187 cm³/mol. The van der Waals surface area contributed by atoms with Crippen LogP contribution in [0.4, 0.5) is 0 Å². The van der Waals surface area contributed by atoms with Crippen LogP contribution in [0.1, 0.15) is 0 Å². The van der Waals surface area contributed by atoms with Gasteiger partial charge >= 0.3 is 0 Å². The van der Waals surface area contributed by atoms with Crippen LogP contribution in [-0.4, -0.2) is 19.5 Å². The van der Waals surface area contributed by atoms with Crippen LogP contribution in [-0.2, 0) is 0 Å². The number of fused-ring (bicyclic) bond motifs is 8. The van der Waals surface area contributed by atoms with Crippen molar-refractivity contribution in [3.05, 3.63) is 146 Å². The van der Waals surface area contributed by atoms with Crippen molar-refractivity contribution in [3.63, 3.8) is 0 Å². The van der Waals surface area contributed by atoms with Crippen molar-refractivity contribution in [2.75, 3.05) is 0 Å². The van der Waals surface area contributed by atoms with Crippen LogP contribution >= 0.6 is 0 Å². The third-order valence-corrected chi connectivity index (χ3v) is 9.02. The Balaban J connectivity index is 1.30. The fourth-order valence-corrected chi connectivity index (χ4v) is 6.88. The third kappa shape index (κ3) is 3.72. The highest BCUT2D eigenvalue weighted by molar-refractivity contribution is 6.15. The van der Waals surface area contributed by atoms with Gasteiger partial charge in [-0.15, -0.1) is 0 Å². The van der Waals surface area contributed by atoms with Gasteiger partial charge in [0.1, 0.15) is 11.2 Å². The minimum absolute atomic E-state index is 0.570. The predicted octanol–water partition coefficient (Wildman–Crippen LogP) is 10.5. The zero-order valence-corrected chi connectivity index (χ0v) is 24.6. The highest BCUT2D eigenvalue weighted by Crippen LogP contribution is 2.39. The molecule has 0 bridgehead atoms. The number of benzene rings is 7. The summed E-state index contributed by atoms with van der Waals surface area (Å²) < 4.78 is 8.58. The Bertz CT molecular complexity index is 2770. The molecule has 5 heteroatoms. The Kier molecular flexibility index (Phi) is 5.22. The molecule has 3 heterocycles. The van der Waals surface area contributed by atoms with Gasteiger partial charge in [0, 0.05) is 32.7 Å². The molecule has 0 aliphatic heterocycles. The Morgan fingerprint density at radius 1 is 0.435 bits per heavy atom. The van der Waals surface area contributed by atoms with E-state index in [-0.39, 0.29) is 0 Å². The molecule has 3 aromatic heterocycles. The van der Waals surface area contributed by atoms with E-state index in [1.165, 1.54) is 5.39 Å². The Hall–Kier alpha value is -6.33. The molecule has 0 N–H and O–H groups in total. The lowest BCUT2D eigenvalue weighted by Crippen LogP contribution is -2.06. The van der Waals surface area contributed by atoms with Crippen molar-refractivity contribution >= 4 is 65.3 Å². The van der Waals surface area contributed by atoms with E-state index in [0.29, 0.717) is 17.6 Å². The maximum absolute atomic E-state index is 6.43. The SMILES string of the molecule is c1ccc2cc(-c3nc(-c4cccc5oc6cc7ccccc7cc6c45)nc(-n4c5ccccc5c5ccccc54)n3)ccc2c1. The molecule has 0 atom stereocenters. The summed E-state index contributed by atoms with van der Waals surface area (Å²) in [6.07, 6.45) is 0. The summed E-state index contributed by atoms with van der Waals surface area (Å²) in [7, 11) is 0. The van der Waals surface area contributed by atoms with Gasteiger partial charge in [0.25, 0.3) is 0 Å². The van der Waals surface area contributed by atoms with Gasteiger partial charge in [-0.1, -0.05) is 109 Å². The molecular formula is C41H24N4O. The van der Waals surface area contributed by atoms with Crippen LogP contribution in [0, 0.1) is 0 Å². The van der Waals surface area contributed by atoms with E-state index in [0.717, 1.165) is 71.0 Å². The monoisotopic (exact) mass is 588 g/mol. The normalized spacial score (nSPS) is 11.9. The molecular weight excluding hydrogens is 564 g/mol. The quantitative estimate of drug-likeness (QED) is 0.206. The highest BCUT2D eigenvalue weighted by atomic mass is 16.3. The van der Waals surface area contributed by atoms with Crippen LogP contribution in [0.15, 0.2) is 150 Å². The van der Waals surface area contributed by atoms with Crippen LogP contribution in [0.2, 0.25) is 0 Å². The van der Waals surface area contributed by atoms with Crippen LogP contribution in [0.25, 0.3) is 94.0 Å². The first-order valence-corrected chi connectivity index (χ1v) is 15.4. The van der Waals surface area contributed by atoms with E-state index >= 15 is 0 Å². The molecule has 0 saturated carbocycles. The number of hydrogen-bond acceptors (Lipinski definition) is 4. The molecule has 0 radical (unpaired) electrons. The van der Waals surface area contributed by atoms with Gasteiger partial charge in [0.15, 0.2) is 11.6 Å². The van der Waals surface area contributed by atoms with E-state index in [9.17, 15) is 0 Å². The number of hydrogen-bond donors (Lipinski definition) is 0. The molecule has 7 aromatic carbocycles. The number of furan rings is 1. The second kappa shape index (κ2) is 9.58. The molecule has 0 fully saturated rings. The van der Waals surface area contributed by atoms with Crippen molar-refractivity contribution in [2.24, 2.45) is 0 Å². The average Bonchev–Trinajstić information content (AvgIpc) is 3.65. The van der Waals surface area contributed by atoms with Crippen LogP contribution in [0.5, 0.6) is 0 Å². The molecule has 0 unspecified atom stereocenters. The van der Waals surface area contributed by atoms with Crippen molar-refractivity contribution in [1.29, 1.82) is 0 Å². The third-order valence-electron chi connectivity index (χ3n) is 9.02. The molecule has 5 nitrogen and oxygen atoms in total. The first kappa shape index (κ1) is 25.0. The van der Waals surface area contributed by atoms with E-state index < -0.39 is 0 Å². The first-order chi connectivity index (χ1) is 22.8. The second-order valence-electron chi connectivity index (χ2n) is 11.7. The lowest BCUT2D eigenvalue weighted by molar-refractivity contribution is 0.669. The van der Waals surface area contributed by atoms with E-state index in [2.05, 4.69) is 138 Å². The largest absolute Gasteiger partial charge is 0.456 e. The van der Waals surface area contributed by atoms with Gasteiger partial charge in [0.2, 0.25) is 5.95 Å². The van der Waals surface area contributed by atoms with Gasteiger partial charge in [-0.25, -0.2) is 4.98 Å². The maximum atomic E-state index is 6.43. The Labute approximate surface area is 263 Å². The van der Waals surface area contributed by atoms with Gasteiger partial charge < -0.3 is 4.42 Å². The zero-order chi connectivity index (χ0) is 30.2. The van der Waals surface area contributed by atoms with E-state index in [1.807, 2.05) is 12.1 Å². The summed E-state index contributed by atoms with van der Waals surface area (Å²) in [6, 6.07) is 50.4. The van der Waals surface area contributed by atoms with E-state index in [1.54, 1.807) is 0 Å². The number of rotatable bonds is 3. The van der Waals surface area contributed by atoms with Gasteiger partial charge in [0.05, 0.1) is 11.0 Å². The smallest absolute Gasteiger partial charge is 0.238 e. The van der Waals surface area contributed by atoms with Crippen molar-refractivity contribution in [2.45, 2.75) is 0 Å². The molecule has 0 aliphatic carbocycles. The van der Waals surface area contributed by atoms with Crippen molar-refractivity contribution < 1.29 is 4.42 Å². The Morgan fingerprint density at radius 3 is 1.83 bits per heavy atom. The lowest BCUT2D eigenvalue weighted by atomic mass is 10.0. The Morgan fingerprint density at radius 2 is 1.07 bits per heavy atom. The summed E-state index contributed by atoms with van der Waals surface area (Å²) in [5.74, 6) is 1.78. The minimum atomic E-state index is 0.570. The molecule has 0 aliphatic rings. The van der Waals surface area contributed by atoms with Gasteiger partial charge in [-0.3, -0.25) is 4.57 Å². The number of aromatic nitrogens is 4. The lowest BCUT2D eigenvalue weighted by Gasteiger charge is -2.12. The maximum Gasteiger partial charge on any atom is 0.238 e. The molecule has 10 rings (SSSR count). The van der Waals surface area contributed by atoms with Crippen molar-refractivity contribution in [3.8, 4) is 28.7 Å².